The van der Waals surface area contributed by atoms with Crippen LogP contribution in [0.2, 0.25) is 0 Å². The summed E-state index contributed by atoms with van der Waals surface area (Å²) in [6.45, 7) is 1.91. The van der Waals surface area contributed by atoms with Crippen LogP contribution in [0.5, 0.6) is 11.5 Å². The molecule has 0 aromatic heterocycles. The molecule has 0 bridgehead atoms. The summed E-state index contributed by atoms with van der Waals surface area (Å²) in [5, 5.41) is 0. The molecule has 4 rings (SSSR count). The standard InChI is InChI=1S/C21H21NO6/c23-20(22-10-12-25-13-11-22)19(15-6-2-1-3-7-15)28-21(24)18-14-26-16-8-4-5-9-17(16)27-18/h1-9,18-19H,10-14H2/t18-,19+/m0/s1. The Labute approximate surface area is 162 Å². The van der Waals surface area contributed by atoms with Crippen molar-refractivity contribution >= 4 is 11.9 Å². The van der Waals surface area contributed by atoms with Crippen molar-refractivity contribution < 1.29 is 28.5 Å². The Morgan fingerprint density at radius 2 is 1.64 bits per heavy atom. The average molecular weight is 383 g/mol. The molecule has 0 unspecified atom stereocenters. The second-order valence-corrected chi connectivity index (χ2v) is 6.53. The number of ether oxygens (including phenoxy) is 4. The van der Waals surface area contributed by atoms with E-state index in [0.717, 1.165) is 0 Å². The van der Waals surface area contributed by atoms with Crippen molar-refractivity contribution in [3.8, 4) is 11.5 Å². The van der Waals surface area contributed by atoms with Gasteiger partial charge in [0.05, 0.1) is 13.2 Å². The molecule has 0 radical (unpaired) electrons. The molecular formula is C21H21NO6. The van der Waals surface area contributed by atoms with Crippen LogP contribution in [0.25, 0.3) is 0 Å². The SMILES string of the molecule is O=C(O[C@@H](C(=O)N1CCOCC1)c1ccccc1)[C@@H]1COc2ccccc2O1. The van der Waals surface area contributed by atoms with Gasteiger partial charge in [-0.2, -0.15) is 0 Å². The minimum Gasteiger partial charge on any atom is -0.485 e. The van der Waals surface area contributed by atoms with Crippen LogP contribution in [0.4, 0.5) is 0 Å². The maximum absolute atomic E-state index is 13.0. The van der Waals surface area contributed by atoms with Gasteiger partial charge >= 0.3 is 5.97 Å². The van der Waals surface area contributed by atoms with Crippen molar-refractivity contribution in [3.63, 3.8) is 0 Å². The first-order valence-corrected chi connectivity index (χ1v) is 9.23. The average Bonchev–Trinajstić information content (AvgIpc) is 2.77. The lowest BCUT2D eigenvalue weighted by Gasteiger charge is -2.31. The largest absolute Gasteiger partial charge is 0.485 e. The van der Waals surface area contributed by atoms with Gasteiger partial charge in [-0.05, 0) is 12.1 Å². The molecule has 7 heteroatoms. The molecule has 1 saturated heterocycles. The molecule has 2 aliphatic heterocycles. The fourth-order valence-electron chi connectivity index (χ4n) is 3.17. The number of morpholine rings is 1. The number of para-hydroxylation sites is 2. The van der Waals surface area contributed by atoms with Gasteiger partial charge in [-0.15, -0.1) is 0 Å². The first-order valence-electron chi connectivity index (χ1n) is 9.23. The van der Waals surface area contributed by atoms with E-state index >= 15 is 0 Å². The summed E-state index contributed by atoms with van der Waals surface area (Å²) >= 11 is 0. The van der Waals surface area contributed by atoms with Crippen molar-refractivity contribution in [3.05, 3.63) is 60.2 Å². The van der Waals surface area contributed by atoms with E-state index in [-0.39, 0.29) is 12.5 Å². The molecule has 1 amide bonds. The smallest absolute Gasteiger partial charge is 0.352 e. The van der Waals surface area contributed by atoms with Crippen LogP contribution in [-0.4, -0.2) is 55.8 Å². The summed E-state index contributed by atoms with van der Waals surface area (Å²) < 4.78 is 22.2. The summed E-state index contributed by atoms with van der Waals surface area (Å²) in [6, 6.07) is 16.1. The van der Waals surface area contributed by atoms with Crippen LogP contribution in [0, 0.1) is 0 Å². The van der Waals surface area contributed by atoms with Crippen LogP contribution < -0.4 is 9.47 Å². The first-order chi connectivity index (χ1) is 13.7. The monoisotopic (exact) mass is 383 g/mol. The summed E-state index contributed by atoms with van der Waals surface area (Å²) in [5.41, 5.74) is 0.615. The van der Waals surface area contributed by atoms with Crippen LogP contribution in [-0.2, 0) is 19.1 Å². The van der Waals surface area contributed by atoms with Gasteiger partial charge in [0.2, 0.25) is 12.2 Å². The van der Waals surface area contributed by atoms with E-state index in [1.807, 2.05) is 12.1 Å². The highest BCUT2D eigenvalue weighted by Gasteiger charge is 2.35. The second-order valence-electron chi connectivity index (χ2n) is 6.53. The third-order valence-electron chi connectivity index (χ3n) is 4.65. The predicted molar refractivity (Wildman–Crippen MR) is 99.0 cm³/mol. The predicted octanol–water partition coefficient (Wildman–Crippen LogP) is 1.97. The third kappa shape index (κ3) is 3.94. The molecule has 146 valence electrons. The van der Waals surface area contributed by atoms with Gasteiger partial charge in [0, 0.05) is 18.7 Å². The van der Waals surface area contributed by atoms with E-state index in [9.17, 15) is 9.59 Å². The molecule has 0 aliphatic carbocycles. The first kappa shape index (κ1) is 18.3. The summed E-state index contributed by atoms with van der Waals surface area (Å²) in [6.07, 6.45) is -1.97. The zero-order valence-electron chi connectivity index (χ0n) is 15.3. The summed E-state index contributed by atoms with van der Waals surface area (Å²) in [5.74, 6) is 0.159. The number of fused-ring (bicyclic) bond motifs is 1. The number of rotatable bonds is 4. The lowest BCUT2D eigenvalue weighted by Crippen LogP contribution is -2.45. The highest BCUT2D eigenvalue weighted by Crippen LogP contribution is 2.32. The lowest BCUT2D eigenvalue weighted by molar-refractivity contribution is -0.170. The summed E-state index contributed by atoms with van der Waals surface area (Å²) in [4.78, 5) is 27.4. The number of hydrogen-bond donors (Lipinski definition) is 0. The third-order valence-corrected chi connectivity index (χ3v) is 4.65. The second kappa shape index (κ2) is 8.31. The Kier molecular flexibility index (Phi) is 5.43. The molecule has 2 aromatic rings. The van der Waals surface area contributed by atoms with Gasteiger partial charge in [-0.1, -0.05) is 42.5 Å². The fraction of sp³-hybridized carbons (Fsp3) is 0.333. The van der Waals surface area contributed by atoms with E-state index in [4.69, 9.17) is 18.9 Å². The molecule has 0 N–H and O–H groups in total. The molecule has 1 fully saturated rings. The van der Waals surface area contributed by atoms with Crippen molar-refractivity contribution in [2.45, 2.75) is 12.2 Å². The minimum absolute atomic E-state index is 0.0309. The Morgan fingerprint density at radius 3 is 2.39 bits per heavy atom. The normalized spacial score (nSPS) is 19.6. The maximum Gasteiger partial charge on any atom is 0.352 e. The van der Waals surface area contributed by atoms with E-state index < -0.39 is 18.2 Å². The molecule has 2 atom stereocenters. The molecule has 2 aromatic carbocycles. The quantitative estimate of drug-likeness (QED) is 0.752. The van der Waals surface area contributed by atoms with E-state index in [1.54, 1.807) is 47.4 Å². The van der Waals surface area contributed by atoms with E-state index in [2.05, 4.69) is 0 Å². The van der Waals surface area contributed by atoms with Crippen LogP contribution in [0.15, 0.2) is 54.6 Å². The van der Waals surface area contributed by atoms with Crippen LogP contribution in [0.1, 0.15) is 11.7 Å². The Bertz CT molecular complexity index is 834. The van der Waals surface area contributed by atoms with Crippen LogP contribution >= 0.6 is 0 Å². The Hall–Kier alpha value is -3.06. The van der Waals surface area contributed by atoms with Gasteiger partial charge in [0.25, 0.3) is 5.91 Å². The molecule has 0 spiro atoms. The topological polar surface area (TPSA) is 74.3 Å². The number of carbonyl (C=O) groups excluding carboxylic acids is 2. The van der Waals surface area contributed by atoms with Gasteiger partial charge in [-0.25, -0.2) is 4.79 Å². The van der Waals surface area contributed by atoms with Gasteiger partial charge < -0.3 is 23.8 Å². The van der Waals surface area contributed by atoms with E-state index in [0.29, 0.717) is 43.4 Å². The van der Waals surface area contributed by atoms with Gasteiger partial charge in [-0.3, -0.25) is 4.79 Å². The Morgan fingerprint density at radius 1 is 0.964 bits per heavy atom. The van der Waals surface area contributed by atoms with Gasteiger partial charge in [0.1, 0.15) is 6.61 Å². The number of carbonyl (C=O) groups is 2. The molecule has 28 heavy (non-hydrogen) atoms. The highest BCUT2D eigenvalue weighted by molar-refractivity contribution is 5.86. The number of nitrogens with zero attached hydrogens (tertiary/aromatic N) is 1. The molecule has 7 nitrogen and oxygen atoms in total. The van der Waals surface area contributed by atoms with Crippen molar-refractivity contribution in [2.24, 2.45) is 0 Å². The summed E-state index contributed by atoms with van der Waals surface area (Å²) in [7, 11) is 0. The Balaban J connectivity index is 1.51. The zero-order valence-corrected chi connectivity index (χ0v) is 15.3. The van der Waals surface area contributed by atoms with Crippen molar-refractivity contribution in [2.75, 3.05) is 32.9 Å². The molecule has 2 heterocycles. The maximum atomic E-state index is 13.0. The molecule has 2 aliphatic rings. The molecular weight excluding hydrogens is 362 g/mol. The van der Waals surface area contributed by atoms with E-state index in [1.165, 1.54) is 0 Å². The number of benzene rings is 2. The fourth-order valence-corrected chi connectivity index (χ4v) is 3.17. The van der Waals surface area contributed by atoms with Crippen molar-refractivity contribution in [1.82, 2.24) is 4.90 Å². The number of hydrogen-bond acceptors (Lipinski definition) is 6. The van der Waals surface area contributed by atoms with Crippen LogP contribution in [0.3, 0.4) is 0 Å². The zero-order chi connectivity index (χ0) is 19.3. The minimum atomic E-state index is -1.03. The number of esters is 1. The number of amides is 1. The lowest BCUT2D eigenvalue weighted by atomic mass is 10.1. The van der Waals surface area contributed by atoms with Gasteiger partial charge in [0.15, 0.2) is 11.5 Å². The highest BCUT2D eigenvalue weighted by atomic mass is 16.6. The molecule has 0 saturated carbocycles. The van der Waals surface area contributed by atoms with Crippen molar-refractivity contribution in [1.29, 1.82) is 0 Å².